The van der Waals surface area contributed by atoms with Crippen LogP contribution in [0.2, 0.25) is 0 Å². The van der Waals surface area contributed by atoms with Crippen molar-refractivity contribution in [3.63, 3.8) is 0 Å². The van der Waals surface area contributed by atoms with Gasteiger partial charge >= 0.3 is 6.03 Å². The van der Waals surface area contributed by atoms with Gasteiger partial charge in [0.15, 0.2) is 0 Å². The number of imidazole rings is 1. The number of nitrogens with one attached hydrogen (secondary N) is 1. The molecule has 2 aliphatic heterocycles. The topological polar surface area (TPSA) is 61.5 Å². The van der Waals surface area contributed by atoms with Crippen molar-refractivity contribution >= 4 is 17.1 Å². The van der Waals surface area contributed by atoms with Crippen LogP contribution in [-0.4, -0.2) is 58.0 Å². The van der Waals surface area contributed by atoms with Gasteiger partial charge in [0.1, 0.15) is 18.2 Å². The quantitative estimate of drug-likeness (QED) is 0.578. The standard InChI is InChI=1S/C25H28F2N4O2/c1-16-28-21-5-3-18(14-22(21)29-16)17-4-6-23-19(13-17)15-31(11-12-33-23)24(32)30-9-7-20(8-10-30)25(2,26)27/h3-6,13-14,20H,7-12,15H2,1-2H3,(H,28,29). The van der Waals surface area contributed by atoms with Gasteiger partial charge in [0.05, 0.1) is 24.1 Å². The predicted molar refractivity (Wildman–Crippen MR) is 122 cm³/mol. The molecule has 33 heavy (non-hydrogen) atoms. The average Bonchev–Trinajstić information content (AvgIpc) is 3.03. The lowest BCUT2D eigenvalue weighted by Crippen LogP contribution is -2.48. The second kappa shape index (κ2) is 8.32. The third-order valence-electron chi connectivity index (χ3n) is 6.73. The van der Waals surface area contributed by atoms with Gasteiger partial charge in [-0.3, -0.25) is 0 Å². The number of nitrogens with zero attached hydrogens (tertiary/aromatic N) is 3. The van der Waals surface area contributed by atoms with E-state index in [0.717, 1.165) is 46.2 Å². The van der Waals surface area contributed by atoms with Crippen LogP contribution in [0.5, 0.6) is 5.75 Å². The minimum Gasteiger partial charge on any atom is -0.491 e. The summed E-state index contributed by atoms with van der Waals surface area (Å²) in [5, 5.41) is 0. The molecule has 1 saturated heterocycles. The fraction of sp³-hybridized carbons (Fsp3) is 0.440. The first-order valence-electron chi connectivity index (χ1n) is 11.4. The summed E-state index contributed by atoms with van der Waals surface area (Å²) in [4.78, 5) is 24.4. The lowest BCUT2D eigenvalue weighted by molar-refractivity contribution is -0.0594. The molecule has 0 aliphatic carbocycles. The molecule has 2 aromatic carbocycles. The number of rotatable bonds is 2. The van der Waals surface area contributed by atoms with Gasteiger partial charge in [-0.25, -0.2) is 18.6 Å². The summed E-state index contributed by atoms with van der Waals surface area (Å²) in [6, 6.07) is 12.0. The number of hydrogen-bond donors (Lipinski definition) is 1. The number of carbonyl (C=O) groups is 1. The molecule has 6 nitrogen and oxygen atoms in total. The number of fused-ring (bicyclic) bond motifs is 2. The first kappa shape index (κ1) is 21.7. The Balaban J connectivity index is 1.34. The number of aromatic amines is 1. The maximum absolute atomic E-state index is 13.6. The Hall–Kier alpha value is -3.16. The Morgan fingerprint density at radius 3 is 2.58 bits per heavy atom. The fourth-order valence-corrected chi connectivity index (χ4v) is 4.83. The molecule has 0 atom stereocenters. The van der Waals surface area contributed by atoms with Gasteiger partial charge in [-0.15, -0.1) is 0 Å². The number of likely N-dealkylation sites (tertiary alicyclic amines) is 1. The normalized spacial score (nSPS) is 17.6. The number of alkyl halides is 2. The van der Waals surface area contributed by atoms with E-state index in [4.69, 9.17) is 4.74 Å². The number of ether oxygens (including phenoxy) is 1. The second-order valence-corrected chi connectivity index (χ2v) is 9.15. The number of urea groups is 1. The fourth-order valence-electron chi connectivity index (χ4n) is 4.83. The third-order valence-corrected chi connectivity index (χ3v) is 6.73. The van der Waals surface area contributed by atoms with E-state index in [1.165, 1.54) is 0 Å². The van der Waals surface area contributed by atoms with E-state index in [1.807, 2.05) is 31.2 Å². The minimum atomic E-state index is -2.70. The second-order valence-electron chi connectivity index (χ2n) is 9.15. The first-order chi connectivity index (χ1) is 15.8. The maximum Gasteiger partial charge on any atom is 0.320 e. The highest BCUT2D eigenvalue weighted by molar-refractivity contribution is 5.82. The zero-order chi connectivity index (χ0) is 23.2. The van der Waals surface area contributed by atoms with Crippen LogP contribution < -0.4 is 4.74 Å². The van der Waals surface area contributed by atoms with Crippen molar-refractivity contribution in [3.8, 4) is 16.9 Å². The number of benzene rings is 2. The summed E-state index contributed by atoms with van der Waals surface area (Å²) in [7, 11) is 0. The minimum absolute atomic E-state index is 0.107. The van der Waals surface area contributed by atoms with Gasteiger partial charge in [0.25, 0.3) is 0 Å². The SMILES string of the molecule is Cc1nc2ccc(-c3ccc4c(c3)CN(C(=O)N3CCC(C(C)(F)F)CC3)CCO4)cc2[nH]1. The van der Waals surface area contributed by atoms with Crippen molar-refractivity contribution in [1.82, 2.24) is 19.8 Å². The van der Waals surface area contributed by atoms with Crippen LogP contribution in [0.4, 0.5) is 13.6 Å². The van der Waals surface area contributed by atoms with E-state index < -0.39 is 11.8 Å². The van der Waals surface area contributed by atoms with Crippen LogP contribution in [0.1, 0.15) is 31.2 Å². The van der Waals surface area contributed by atoms with Gasteiger partial charge in [-0.05, 0) is 62.1 Å². The van der Waals surface area contributed by atoms with Gasteiger partial charge in [-0.2, -0.15) is 0 Å². The summed E-state index contributed by atoms with van der Waals surface area (Å²) in [5.74, 6) is -1.71. The number of hydrogen-bond acceptors (Lipinski definition) is 3. The van der Waals surface area contributed by atoms with E-state index in [9.17, 15) is 13.6 Å². The van der Waals surface area contributed by atoms with E-state index in [1.54, 1.807) is 9.80 Å². The highest BCUT2D eigenvalue weighted by Gasteiger charge is 2.38. The highest BCUT2D eigenvalue weighted by Crippen LogP contribution is 2.34. The Bertz CT molecular complexity index is 1180. The smallest absolute Gasteiger partial charge is 0.320 e. The van der Waals surface area contributed by atoms with Crippen LogP contribution in [0.25, 0.3) is 22.2 Å². The van der Waals surface area contributed by atoms with Crippen molar-refractivity contribution < 1.29 is 18.3 Å². The van der Waals surface area contributed by atoms with Gasteiger partial charge in [0, 0.05) is 24.6 Å². The molecule has 0 spiro atoms. The number of amides is 2. The van der Waals surface area contributed by atoms with Crippen molar-refractivity contribution in [3.05, 3.63) is 47.8 Å². The van der Waals surface area contributed by atoms with E-state index in [2.05, 4.69) is 22.1 Å². The Kier molecular flexibility index (Phi) is 5.46. The molecule has 3 heterocycles. The molecule has 5 rings (SSSR count). The molecule has 0 unspecified atom stereocenters. The molecule has 174 valence electrons. The van der Waals surface area contributed by atoms with Crippen molar-refractivity contribution in [1.29, 1.82) is 0 Å². The average molecular weight is 455 g/mol. The monoisotopic (exact) mass is 454 g/mol. The summed E-state index contributed by atoms with van der Waals surface area (Å²) in [6.07, 6.45) is 0.658. The third kappa shape index (κ3) is 4.38. The molecule has 2 amide bonds. The number of carbonyl (C=O) groups excluding carboxylic acids is 1. The molecule has 0 saturated carbocycles. The van der Waals surface area contributed by atoms with Crippen molar-refractivity contribution in [2.75, 3.05) is 26.2 Å². The van der Waals surface area contributed by atoms with Crippen LogP contribution in [0.3, 0.4) is 0 Å². The number of aryl methyl sites for hydroxylation is 1. The summed E-state index contributed by atoms with van der Waals surface area (Å²) in [6.45, 7) is 4.92. The number of piperidine rings is 1. The predicted octanol–water partition coefficient (Wildman–Crippen LogP) is 5.22. The molecule has 1 fully saturated rings. The van der Waals surface area contributed by atoms with Crippen molar-refractivity contribution in [2.24, 2.45) is 5.92 Å². The Labute approximate surface area is 191 Å². The van der Waals surface area contributed by atoms with E-state index >= 15 is 0 Å². The van der Waals surface area contributed by atoms with Crippen LogP contribution in [-0.2, 0) is 6.54 Å². The van der Waals surface area contributed by atoms with Crippen LogP contribution in [0, 0.1) is 12.8 Å². The van der Waals surface area contributed by atoms with Crippen molar-refractivity contribution in [2.45, 2.75) is 39.2 Å². The molecule has 2 aliphatic rings. The first-order valence-corrected chi connectivity index (χ1v) is 11.4. The van der Waals surface area contributed by atoms with Gasteiger partial charge in [-0.1, -0.05) is 12.1 Å². The molecular weight excluding hydrogens is 426 g/mol. The largest absolute Gasteiger partial charge is 0.491 e. The van der Waals surface area contributed by atoms with E-state index in [0.29, 0.717) is 45.6 Å². The molecule has 1 aromatic heterocycles. The molecule has 0 bridgehead atoms. The van der Waals surface area contributed by atoms with Gasteiger partial charge in [0.2, 0.25) is 5.92 Å². The summed E-state index contributed by atoms with van der Waals surface area (Å²) in [5.41, 5.74) is 4.93. The highest BCUT2D eigenvalue weighted by atomic mass is 19.3. The number of H-pyrrole nitrogens is 1. The zero-order valence-electron chi connectivity index (χ0n) is 18.9. The molecular formula is C25H28F2N4O2. The van der Waals surface area contributed by atoms with Crippen LogP contribution in [0.15, 0.2) is 36.4 Å². The number of halogens is 2. The Morgan fingerprint density at radius 2 is 1.82 bits per heavy atom. The molecule has 0 radical (unpaired) electrons. The maximum atomic E-state index is 13.6. The summed E-state index contributed by atoms with van der Waals surface area (Å²) < 4.78 is 33.2. The Morgan fingerprint density at radius 1 is 1.09 bits per heavy atom. The van der Waals surface area contributed by atoms with Crippen LogP contribution >= 0.6 is 0 Å². The van der Waals surface area contributed by atoms with Gasteiger partial charge < -0.3 is 19.5 Å². The molecule has 1 N–H and O–H groups in total. The zero-order valence-corrected chi connectivity index (χ0v) is 18.9. The summed E-state index contributed by atoms with van der Waals surface area (Å²) >= 11 is 0. The van der Waals surface area contributed by atoms with E-state index in [-0.39, 0.29) is 6.03 Å². The molecule has 3 aromatic rings. The molecule has 8 heteroatoms. The lowest BCUT2D eigenvalue weighted by atomic mass is 9.91. The number of aromatic nitrogens is 2. The lowest BCUT2D eigenvalue weighted by Gasteiger charge is -2.37.